The first-order chi connectivity index (χ1) is 18.6. The lowest BCUT2D eigenvalue weighted by molar-refractivity contribution is -0.130. The van der Waals surface area contributed by atoms with Crippen LogP contribution in [0, 0.1) is 0 Å². The Morgan fingerprint density at radius 3 is 1.03 bits per heavy atom. The Morgan fingerprint density at radius 1 is 0.447 bits per heavy atom. The summed E-state index contributed by atoms with van der Waals surface area (Å²) in [5.74, 6) is -1.41. The Bertz CT molecular complexity index is 550. The maximum Gasteiger partial charge on any atom is 0.227 e. The fourth-order valence-electron chi connectivity index (χ4n) is 5.17. The number of ketones is 1. The van der Waals surface area contributed by atoms with Crippen molar-refractivity contribution in [2.45, 2.75) is 187 Å². The average molecular weight is 537 g/mol. The lowest BCUT2D eigenvalue weighted by Gasteiger charge is -2.05. The van der Waals surface area contributed by atoms with Gasteiger partial charge in [-0.25, -0.2) is 0 Å². The fraction of sp³-hybridized carbons (Fsp3) is 0.909. The molecule has 0 heterocycles. The zero-order chi connectivity index (χ0) is 27.9. The van der Waals surface area contributed by atoms with Crippen LogP contribution in [0.25, 0.3) is 0 Å². The molecule has 0 saturated carbocycles. The molecule has 0 aliphatic heterocycles. The van der Waals surface area contributed by atoms with E-state index >= 15 is 0 Å². The Balaban J connectivity index is 3.14. The second-order valence-electron chi connectivity index (χ2n) is 11.5. The molecule has 0 bridgehead atoms. The van der Waals surface area contributed by atoms with Gasteiger partial charge in [0.2, 0.25) is 11.8 Å². The van der Waals surface area contributed by atoms with Gasteiger partial charge in [-0.05, 0) is 6.42 Å². The first kappa shape index (κ1) is 36.6. The summed E-state index contributed by atoms with van der Waals surface area (Å²) in [5, 5.41) is 2.74. The summed E-state index contributed by atoms with van der Waals surface area (Å²) in [6.45, 7) is 2.89. The molecule has 0 aliphatic rings. The third kappa shape index (κ3) is 30.8. The molecule has 0 saturated heterocycles. The highest BCUT2D eigenvalue weighted by Gasteiger charge is 2.11. The largest absolute Gasteiger partial charge is 0.369 e. The van der Waals surface area contributed by atoms with E-state index in [0.717, 1.165) is 12.8 Å². The molecule has 38 heavy (non-hydrogen) atoms. The summed E-state index contributed by atoms with van der Waals surface area (Å²) in [6, 6.07) is 0. The molecule has 0 aromatic heterocycles. The average Bonchev–Trinajstić information content (AvgIpc) is 2.87. The number of nitrogens with one attached hydrogen (secondary N) is 1. The van der Waals surface area contributed by atoms with Crippen molar-refractivity contribution in [3.05, 3.63) is 0 Å². The number of Topliss-reactive ketones (excluding diaryl/α,β-unsaturated/α-hetero) is 1. The van der Waals surface area contributed by atoms with Crippen LogP contribution in [0.15, 0.2) is 0 Å². The van der Waals surface area contributed by atoms with Crippen LogP contribution in [0.5, 0.6) is 0 Å². The van der Waals surface area contributed by atoms with E-state index in [-0.39, 0.29) is 18.7 Å². The first-order valence-electron chi connectivity index (χ1n) is 16.6. The SMILES string of the molecule is CCCCCCCCCCCCCCCCCCCCCCCCCCCCNC(=O)CC(=O)CC(N)=O. The minimum atomic E-state index is -0.682. The number of carbonyl (C=O) groups excluding carboxylic acids is 3. The van der Waals surface area contributed by atoms with Crippen molar-refractivity contribution < 1.29 is 14.4 Å². The van der Waals surface area contributed by atoms with Gasteiger partial charge >= 0.3 is 0 Å². The van der Waals surface area contributed by atoms with Crippen LogP contribution in [0.4, 0.5) is 0 Å². The molecule has 0 rings (SSSR count). The van der Waals surface area contributed by atoms with E-state index in [1.165, 1.54) is 154 Å². The summed E-state index contributed by atoms with van der Waals surface area (Å²) >= 11 is 0. The van der Waals surface area contributed by atoms with E-state index in [2.05, 4.69) is 12.2 Å². The van der Waals surface area contributed by atoms with Gasteiger partial charge in [-0.2, -0.15) is 0 Å². The van der Waals surface area contributed by atoms with Crippen LogP contribution < -0.4 is 11.1 Å². The molecule has 5 nitrogen and oxygen atoms in total. The van der Waals surface area contributed by atoms with Gasteiger partial charge in [0.05, 0.1) is 12.8 Å². The van der Waals surface area contributed by atoms with Crippen LogP contribution in [-0.4, -0.2) is 24.1 Å². The number of hydrogen-bond acceptors (Lipinski definition) is 3. The summed E-state index contributed by atoms with van der Waals surface area (Å²) in [7, 11) is 0. The molecule has 0 aromatic carbocycles. The number of rotatable bonds is 31. The molecule has 0 atom stereocenters. The van der Waals surface area contributed by atoms with E-state index in [1.807, 2.05) is 0 Å². The smallest absolute Gasteiger partial charge is 0.227 e. The van der Waals surface area contributed by atoms with Crippen LogP contribution >= 0.6 is 0 Å². The van der Waals surface area contributed by atoms with Gasteiger partial charge in [0.1, 0.15) is 0 Å². The van der Waals surface area contributed by atoms with Crippen molar-refractivity contribution in [1.82, 2.24) is 5.32 Å². The Labute approximate surface area is 236 Å². The van der Waals surface area contributed by atoms with Gasteiger partial charge in [-0.3, -0.25) is 14.4 Å². The minimum Gasteiger partial charge on any atom is -0.369 e. The van der Waals surface area contributed by atoms with E-state index in [4.69, 9.17) is 5.73 Å². The molecule has 0 unspecified atom stereocenters. The number of nitrogens with two attached hydrogens (primary N) is 1. The lowest BCUT2D eigenvalue weighted by atomic mass is 10.0. The third-order valence-electron chi connectivity index (χ3n) is 7.58. The number of carbonyl (C=O) groups is 3. The van der Waals surface area contributed by atoms with Crippen molar-refractivity contribution in [2.24, 2.45) is 5.73 Å². The number of hydrogen-bond donors (Lipinski definition) is 2. The normalized spacial score (nSPS) is 11.1. The van der Waals surface area contributed by atoms with E-state index in [9.17, 15) is 14.4 Å². The van der Waals surface area contributed by atoms with Crippen molar-refractivity contribution in [2.75, 3.05) is 6.54 Å². The van der Waals surface area contributed by atoms with Gasteiger partial charge in [0, 0.05) is 6.54 Å². The molecule has 0 spiro atoms. The van der Waals surface area contributed by atoms with Crippen LogP contribution in [0.2, 0.25) is 0 Å². The first-order valence-corrected chi connectivity index (χ1v) is 16.6. The van der Waals surface area contributed by atoms with Crippen LogP contribution in [0.1, 0.15) is 187 Å². The second-order valence-corrected chi connectivity index (χ2v) is 11.5. The molecule has 0 aliphatic carbocycles. The third-order valence-corrected chi connectivity index (χ3v) is 7.58. The van der Waals surface area contributed by atoms with Gasteiger partial charge in [-0.15, -0.1) is 0 Å². The summed E-state index contributed by atoms with van der Waals surface area (Å²) in [6.07, 6.45) is 35.2. The molecule has 0 radical (unpaired) electrons. The Hall–Kier alpha value is -1.39. The maximum atomic E-state index is 11.6. The monoisotopic (exact) mass is 536 g/mol. The van der Waals surface area contributed by atoms with Crippen molar-refractivity contribution >= 4 is 17.6 Å². The number of amides is 2. The Morgan fingerprint density at radius 2 is 0.737 bits per heavy atom. The summed E-state index contributed by atoms with van der Waals surface area (Å²) in [4.78, 5) is 33.6. The van der Waals surface area contributed by atoms with Crippen LogP contribution in [-0.2, 0) is 14.4 Å². The summed E-state index contributed by atoms with van der Waals surface area (Å²) in [5.41, 5.74) is 4.95. The molecule has 2 amide bonds. The molecule has 224 valence electrons. The molecule has 0 fully saturated rings. The standard InChI is InChI=1S/C33H64N2O3/c1-2-3-4-5-6-7-8-9-10-11-12-13-14-15-16-17-18-19-20-21-22-23-24-25-26-27-28-35-33(38)30-31(36)29-32(34)37/h2-30H2,1H3,(H2,34,37)(H,35,38). The fourth-order valence-corrected chi connectivity index (χ4v) is 5.17. The second kappa shape index (κ2) is 30.2. The zero-order valence-corrected chi connectivity index (χ0v) is 25.3. The highest BCUT2D eigenvalue weighted by Crippen LogP contribution is 2.16. The topological polar surface area (TPSA) is 89.3 Å². The number of primary amides is 1. The predicted molar refractivity (Wildman–Crippen MR) is 162 cm³/mol. The highest BCUT2D eigenvalue weighted by molar-refractivity contribution is 6.05. The van der Waals surface area contributed by atoms with E-state index < -0.39 is 11.7 Å². The lowest BCUT2D eigenvalue weighted by Crippen LogP contribution is -2.28. The van der Waals surface area contributed by atoms with Gasteiger partial charge < -0.3 is 11.1 Å². The Kier molecular flexibility index (Phi) is 29.1. The number of unbranched alkanes of at least 4 members (excludes halogenated alkanes) is 25. The van der Waals surface area contributed by atoms with Crippen molar-refractivity contribution in [1.29, 1.82) is 0 Å². The van der Waals surface area contributed by atoms with Gasteiger partial charge in [0.15, 0.2) is 5.78 Å². The zero-order valence-electron chi connectivity index (χ0n) is 25.3. The van der Waals surface area contributed by atoms with Crippen molar-refractivity contribution in [3.63, 3.8) is 0 Å². The maximum absolute atomic E-state index is 11.6. The van der Waals surface area contributed by atoms with Crippen LogP contribution in [0.3, 0.4) is 0 Å². The van der Waals surface area contributed by atoms with Gasteiger partial charge in [0.25, 0.3) is 0 Å². The molecule has 3 N–H and O–H groups in total. The van der Waals surface area contributed by atoms with E-state index in [0.29, 0.717) is 6.54 Å². The van der Waals surface area contributed by atoms with E-state index in [1.54, 1.807) is 0 Å². The molecule has 5 heteroatoms. The highest BCUT2D eigenvalue weighted by atomic mass is 16.2. The molecule has 0 aromatic rings. The quantitative estimate of drug-likeness (QED) is 0.0683. The molecular weight excluding hydrogens is 472 g/mol. The predicted octanol–water partition coefficient (Wildman–Crippen LogP) is 9.10. The molecular formula is C33H64N2O3. The summed E-state index contributed by atoms with van der Waals surface area (Å²) < 4.78 is 0. The minimum absolute atomic E-state index is 0.248. The van der Waals surface area contributed by atoms with Gasteiger partial charge in [-0.1, -0.05) is 167 Å². The van der Waals surface area contributed by atoms with Crippen molar-refractivity contribution in [3.8, 4) is 0 Å².